The molecule has 0 aliphatic carbocycles. The number of nitrogens with zero attached hydrogens (tertiary/aromatic N) is 4. The highest BCUT2D eigenvalue weighted by Crippen LogP contribution is 2.40. The van der Waals surface area contributed by atoms with E-state index in [9.17, 15) is 9.90 Å². The van der Waals surface area contributed by atoms with Crippen LogP contribution in [0.25, 0.3) is 16.1 Å². The zero-order valence-electron chi connectivity index (χ0n) is 20.5. The number of thiophene rings is 1. The van der Waals surface area contributed by atoms with Gasteiger partial charge in [-0.1, -0.05) is 36.4 Å². The zero-order valence-corrected chi connectivity index (χ0v) is 21.3. The topological polar surface area (TPSA) is 98.8 Å². The first kappa shape index (κ1) is 23.9. The molecule has 1 N–H and O–H groups in total. The third-order valence-electron chi connectivity index (χ3n) is 6.39. The van der Waals surface area contributed by atoms with Crippen molar-refractivity contribution in [3.8, 4) is 21.9 Å². The Morgan fingerprint density at radius 3 is 2.50 bits per heavy atom. The van der Waals surface area contributed by atoms with E-state index in [-0.39, 0.29) is 19.0 Å². The standard InChI is InChI=1S/C27H26N4O4S/c1-15-22(14-32)36-27-24(15)25(28-21(13-23(33)35-4)26-30-29-16(2)31(26)27)18-10-8-17(9-11-18)19-6-5-7-20(12-19)34-3/h5-12,21,32H,13-14H2,1-4H3/t21-/m0/s1. The summed E-state index contributed by atoms with van der Waals surface area (Å²) >= 11 is 1.49. The van der Waals surface area contributed by atoms with Crippen molar-refractivity contribution in [3.05, 3.63) is 81.7 Å². The molecule has 0 amide bonds. The average Bonchev–Trinajstić information content (AvgIpc) is 3.41. The normalized spacial score (nSPS) is 14.5. The van der Waals surface area contributed by atoms with E-state index in [4.69, 9.17) is 14.5 Å². The molecule has 8 nitrogen and oxygen atoms in total. The minimum atomic E-state index is -0.566. The molecular weight excluding hydrogens is 476 g/mol. The SMILES string of the molecule is COC(=O)C[C@@H]1N=C(c2ccc(-c3cccc(OC)c3)cc2)c2c(sc(CO)c2C)-n2c(C)nnc21. The van der Waals surface area contributed by atoms with Crippen LogP contribution in [-0.2, 0) is 16.1 Å². The summed E-state index contributed by atoms with van der Waals surface area (Å²) in [6.07, 6.45) is 0.0425. The summed E-state index contributed by atoms with van der Waals surface area (Å²) in [5, 5.41) is 19.6. The quantitative estimate of drug-likeness (QED) is 0.388. The lowest BCUT2D eigenvalue weighted by Gasteiger charge is -2.12. The highest BCUT2D eigenvalue weighted by Gasteiger charge is 2.33. The van der Waals surface area contributed by atoms with Gasteiger partial charge in [0.05, 0.1) is 33.0 Å². The lowest BCUT2D eigenvalue weighted by atomic mass is 9.97. The Balaban J connectivity index is 1.67. The summed E-state index contributed by atoms with van der Waals surface area (Å²) in [7, 11) is 3.02. The molecular formula is C27H26N4O4S. The van der Waals surface area contributed by atoms with E-state index in [1.807, 2.05) is 66.9 Å². The minimum Gasteiger partial charge on any atom is -0.497 e. The average molecular weight is 503 g/mol. The van der Waals surface area contributed by atoms with Crippen LogP contribution in [0.5, 0.6) is 5.75 Å². The third-order valence-corrected chi connectivity index (χ3v) is 7.65. The molecule has 4 aromatic rings. The molecule has 184 valence electrons. The molecule has 2 aromatic carbocycles. The van der Waals surface area contributed by atoms with Crippen molar-refractivity contribution in [2.45, 2.75) is 32.9 Å². The summed E-state index contributed by atoms with van der Waals surface area (Å²) in [4.78, 5) is 18.2. The Morgan fingerprint density at radius 2 is 1.81 bits per heavy atom. The van der Waals surface area contributed by atoms with E-state index in [2.05, 4.69) is 10.2 Å². The first-order valence-corrected chi connectivity index (χ1v) is 12.3. The third kappa shape index (κ3) is 4.10. The molecule has 0 bridgehead atoms. The maximum atomic E-state index is 12.3. The van der Waals surface area contributed by atoms with Gasteiger partial charge in [0.2, 0.25) is 0 Å². The first-order chi connectivity index (χ1) is 17.4. The van der Waals surface area contributed by atoms with Crippen molar-refractivity contribution < 1.29 is 19.4 Å². The number of ether oxygens (including phenoxy) is 2. The van der Waals surface area contributed by atoms with Crippen molar-refractivity contribution in [3.63, 3.8) is 0 Å². The van der Waals surface area contributed by atoms with Crippen molar-refractivity contribution in [2.24, 2.45) is 4.99 Å². The number of aliphatic hydroxyl groups excluding tert-OH is 1. The van der Waals surface area contributed by atoms with Gasteiger partial charge in [-0.3, -0.25) is 14.4 Å². The number of fused-ring (bicyclic) bond motifs is 3. The number of hydrogen-bond acceptors (Lipinski definition) is 8. The monoisotopic (exact) mass is 502 g/mol. The lowest BCUT2D eigenvalue weighted by Crippen LogP contribution is -2.12. The number of rotatable bonds is 6. The summed E-state index contributed by atoms with van der Waals surface area (Å²) in [6, 6.07) is 15.5. The maximum absolute atomic E-state index is 12.3. The van der Waals surface area contributed by atoms with Crippen LogP contribution in [0, 0.1) is 13.8 Å². The fourth-order valence-corrected chi connectivity index (χ4v) is 5.70. The molecule has 1 aliphatic heterocycles. The Morgan fingerprint density at radius 1 is 1.06 bits per heavy atom. The summed E-state index contributed by atoms with van der Waals surface area (Å²) in [5.41, 5.74) is 5.60. The molecule has 0 radical (unpaired) electrons. The fourth-order valence-electron chi connectivity index (χ4n) is 4.48. The fraction of sp³-hybridized carbons (Fsp3) is 0.259. The summed E-state index contributed by atoms with van der Waals surface area (Å²) in [6.45, 7) is 3.78. The van der Waals surface area contributed by atoms with Crippen molar-refractivity contribution in [2.75, 3.05) is 14.2 Å². The lowest BCUT2D eigenvalue weighted by molar-refractivity contribution is -0.141. The maximum Gasteiger partial charge on any atom is 0.308 e. The van der Waals surface area contributed by atoms with Crippen LogP contribution in [-0.4, -0.2) is 45.8 Å². The van der Waals surface area contributed by atoms with Gasteiger partial charge < -0.3 is 14.6 Å². The predicted octanol–water partition coefficient (Wildman–Crippen LogP) is 4.57. The van der Waals surface area contributed by atoms with Gasteiger partial charge in [0, 0.05) is 16.0 Å². The van der Waals surface area contributed by atoms with E-state index in [0.29, 0.717) is 11.6 Å². The molecule has 1 aliphatic rings. The van der Waals surface area contributed by atoms with Gasteiger partial charge in [0.15, 0.2) is 5.82 Å². The number of aliphatic imine (C=N–C) groups is 1. The summed E-state index contributed by atoms with van der Waals surface area (Å²) < 4.78 is 12.3. The Kier molecular flexibility index (Phi) is 6.42. The number of aliphatic hydroxyl groups is 1. The molecule has 0 fully saturated rings. The Labute approximate surface area is 212 Å². The van der Waals surface area contributed by atoms with Crippen molar-refractivity contribution in [1.82, 2.24) is 14.8 Å². The smallest absolute Gasteiger partial charge is 0.308 e. The second-order valence-corrected chi connectivity index (χ2v) is 9.60. The second-order valence-electron chi connectivity index (χ2n) is 8.51. The molecule has 5 rings (SSSR count). The van der Waals surface area contributed by atoms with Crippen molar-refractivity contribution >= 4 is 23.0 Å². The van der Waals surface area contributed by atoms with Crippen LogP contribution in [0.4, 0.5) is 0 Å². The van der Waals surface area contributed by atoms with Crippen LogP contribution in [0.3, 0.4) is 0 Å². The number of esters is 1. The number of aryl methyl sites for hydroxylation is 1. The largest absolute Gasteiger partial charge is 0.497 e. The molecule has 3 heterocycles. The number of benzene rings is 2. The molecule has 36 heavy (non-hydrogen) atoms. The van der Waals surface area contributed by atoms with E-state index in [1.165, 1.54) is 18.4 Å². The molecule has 2 aromatic heterocycles. The van der Waals surface area contributed by atoms with Gasteiger partial charge in [0.1, 0.15) is 22.6 Å². The van der Waals surface area contributed by atoms with E-state index in [0.717, 1.165) is 49.2 Å². The van der Waals surface area contributed by atoms with Gasteiger partial charge >= 0.3 is 5.97 Å². The van der Waals surface area contributed by atoms with Gasteiger partial charge in [-0.15, -0.1) is 21.5 Å². The Hall–Kier alpha value is -3.82. The number of methoxy groups -OCH3 is 2. The van der Waals surface area contributed by atoms with Gasteiger partial charge in [-0.2, -0.15) is 0 Å². The van der Waals surface area contributed by atoms with Gasteiger partial charge in [-0.25, -0.2) is 0 Å². The highest BCUT2D eigenvalue weighted by molar-refractivity contribution is 7.15. The number of aromatic nitrogens is 3. The Bertz CT molecular complexity index is 1470. The van der Waals surface area contributed by atoms with Crippen molar-refractivity contribution in [1.29, 1.82) is 0 Å². The van der Waals surface area contributed by atoms with E-state index < -0.39 is 6.04 Å². The summed E-state index contributed by atoms with van der Waals surface area (Å²) in [5.74, 6) is 1.69. The van der Waals surface area contributed by atoms with Gasteiger partial charge in [0.25, 0.3) is 0 Å². The minimum absolute atomic E-state index is 0.0425. The van der Waals surface area contributed by atoms with Crippen LogP contribution in [0.15, 0.2) is 53.5 Å². The molecule has 0 saturated heterocycles. The highest BCUT2D eigenvalue weighted by atomic mass is 32.1. The van der Waals surface area contributed by atoms with Gasteiger partial charge in [-0.05, 0) is 42.7 Å². The van der Waals surface area contributed by atoms with Crippen LogP contribution >= 0.6 is 11.3 Å². The van der Waals surface area contributed by atoms with E-state index in [1.54, 1.807) is 7.11 Å². The van der Waals surface area contributed by atoms with Crippen LogP contribution < -0.4 is 4.74 Å². The zero-order chi connectivity index (χ0) is 25.4. The number of hydrogen-bond donors (Lipinski definition) is 1. The predicted molar refractivity (Wildman–Crippen MR) is 138 cm³/mol. The number of carbonyl (C=O) groups is 1. The molecule has 0 unspecified atom stereocenters. The van der Waals surface area contributed by atoms with E-state index >= 15 is 0 Å². The molecule has 9 heteroatoms. The first-order valence-electron chi connectivity index (χ1n) is 11.5. The second kappa shape index (κ2) is 9.67. The van der Waals surface area contributed by atoms with Crippen LogP contribution in [0.2, 0.25) is 0 Å². The molecule has 0 spiro atoms. The number of carbonyl (C=O) groups excluding carboxylic acids is 1. The molecule has 0 saturated carbocycles. The van der Waals surface area contributed by atoms with Crippen LogP contribution in [0.1, 0.15) is 45.7 Å². The molecule has 1 atom stereocenters.